The van der Waals surface area contributed by atoms with Crippen molar-refractivity contribution in [3.8, 4) is 0 Å². The lowest BCUT2D eigenvalue weighted by atomic mass is 10.0. The van der Waals surface area contributed by atoms with Crippen LogP contribution < -0.4 is 0 Å². The molecule has 4 heteroatoms. The molecular formula is C14H18N4. The lowest BCUT2D eigenvalue weighted by Crippen LogP contribution is -2.05. The smallest absolute Gasteiger partial charge is 0.115 e. The first-order valence-corrected chi connectivity index (χ1v) is 6.23. The zero-order chi connectivity index (χ0) is 13.0. The molecule has 4 nitrogen and oxygen atoms in total. The summed E-state index contributed by atoms with van der Waals surface area (Å²) in [6, 6.07) is 1.95. The fourth-order valence-corrected chi connectivity index (χ4v) is 1.81. The molecule has 0 bridgehead atoms. The maximum Gasteiger partial charge on any atom is 0.115 e. The zero-order valence-corrected chi connectivity index (χ0v) is 11.0. The fraction of sp³-hybridized carbons (Fsp3) is 0.429. The van der Waals surface area contributed by atoms with Crippen LogP contribution in [0.15, 0.2) is 31.0 Å². The lowest BCUT2D eigenvalue weighted by Gasteiger charge is -2.11. The third-order valence-electron chi connectivity index (χ3n) is 2.92. The monoisotopic (exact) mass is 242 g/mol. The standard InChI is InChI=1S/C14H18N4/c1-10(2)14-8-16-7-12(18-14)6-11(3)13-4-5-15-9-17-13/h4-5,7-11H,6H2,1-3H3. The molecule has 94 valence electrons. The van der Waals surface area contributed by atoms with Gasteiger partial charge in [0.05, 0.1) is 11.4 Å². The normalized spacial score (nSPS) is 12.7. The molecule has 1 atom stereocenters. The number of nitrogens with zero attached hydrogens (tertiary/aromatic N) is 4. The third kappa shape index (κ3) is 3.09. The molecule has 2 aromatic rings. The summed E-state index contributed by atoms with van der Waals surface area (Å²) >= 11 is 0. The molecule has 0 saturated carbocycles. The first-order valence-electron chi connectivity index (χ1n) is 6.23. The second kappa shape index (κ2) is 5.67. The molecule has 0 radical (unpaired) electrons. The van der Waals surface area contributed by atoms with Crippen molar-refractivity contribution in [3.63, 3.8) is 0 Å². The molecule has 0 amide bonds. The van der Waals surface area contributed by atoms with Gasteiger partial charge in [-0.1, -0.05) is 20.8 Å². The highest BCUT2D eigenvalue weighted by Gasteiger charge is 2.10. The van der Waals surface area contributed by atoms with Gasteiger partial charge in [-0.15, -0.1) is 0 Å². The van der Waals surface area contributed by atoms with E-state index in [1.54, 1.807) is 12.5 Å². The Balaban J connectivity index is 2.12. The summed E-state index contributed by atoms with van der Waals surface area (Å²) in [7, 11) is 0. The molecule has 1 unspecified atom stereocenters. The Kier molecular flexibility index (Phi) is 3.97. The summed E-state index contributed by atoms with van der Waals surface area (Å²) in [5.74, 6) is 0.733. The highest BCUT2D eigenvalue weighted by atomic mass is 14.8. The minimum absolute atomic E-state index is 0.324. The predicted molar refractivity (Wildman–Crippen MR) is 70.3 cm³/mol. The number of hydrogen-bond donors (Lipinski definition) is 0. The van der Waals surface area contributed by atoms with Crippen LogP contribution in [0.5, 0.6) is 0 Å². The van der Waals surface area contributed by atoms with Crippen molar-refractivity contribution in [3.05, 3.63) is 48.1 Å². The van der Waals surface area contributed by atoms with Crippen LogP contribution >= 0.6 is 0 Å². The van der Waals surface area contributed by atoms with Gasteiger partial charge in [0.15, 0.2) is 0 Å². The molecule has 2 heterocycles. The van der Waals surface area contributed by atoms with Crippen molar-refractivity contribution in [1.29, 1.82) is 0 Å². The molecule has 0 aliphatic rings. The zero-order valence-electron chi connectivity index (χ0n) is 11.0. The molecule has 0 saturated heterocycles. The summed E-state index contributed by atoms with van der Waals surface area (Å²) in [4.78, 5) is 17.1. The van der Waals surface area contributed by atoms with Gasteiger partial charge >= 0.3 is 0 Å². The molecule has 0 N–H and O–H groups in total. The van der Waals surface area contributed by atoms with E-state index in [0.717, 1.165) is 23.5 Å². The van der Waals surface area contributed by atoms with E-state index < -0.39 is 0 Å². The average Bonchev–Trinajstić information content (AvgIpc) is 2.40. The summed E-state index contributed by atoms with van der Waals surface area (Å²) in [5, 5.41) is 0. The van der Waals surface area contributed by atoms with Gasteiger partial charge < -0.3 is 0 Å². The second-order valence-electron chi connectivity index (χ2n) is 4.83. The topological polar surface area (TPSA) is 51.6 Å². The van der Waals surface area contributed by atoms with Gasteiger partial charge in [-0.05, 0) is 18.4 Å². The van der Waals surface area contributed by atoms with E-state index in [0.29, 0.717) is 11.8 Å². The van der Waals surface area contributed by atoms with Crippen molar-refractivity contribution in [1.82, 2.24) is 19.9 Å². The minimum Gasteiger partial charge on any atom is -0.261 e. The summed E-state index contributed by atoms with van der Waals surface area (Å²) in [5.41, 5.74) is 3.11. The van der Waals surface area contributed by atoms with E-state index in [9.17, 15) is 0 Å². The van der Waals surface area contributed by atoms with Crippen molar-refractivity contribution in [2.75, 3.05) is 0 Å². The van der Waals surface area contributed by atoms with Crippen LogP contribution in [0.25, 0.3) is 0 Å². The van der Waals surface area contributed by atoms with Crippen LogP contribution in [0, 0.1) is 0 Å². The Hall–Kier alpha value is -1.84. The van der Waals surface area contributed by atoms with Crippen molar-refractivity contribution < 1.29 is 0 Å². The molecule has 0 spiro atoms. The Morgan fingerprint density at radius 1 is 1.06 bits per heavy atom. The molecule has 18 heavy (non-hydrogen) atoms. The van der Waals surface area contributed by atoms with Crippen molar-refractivity contribution in [2.45, 2.75) is 39.0 Å². The van der Waals surface area contributed by atoms with Gasteiger partial charge in [0.25, 0.3) is 0 Å². The fourth-order valence-electron chi connectivity index (χ4n) is 1.81. The molecule has 0 aliphatic carbocycles. The molecule has 2 aromatic heterocycles. The van der Waals surface area contributed by atoms with E-state index in [4.69, 9.17) is 0 Å². The quantitative estimate of drug-likeness (QED) is 0.827. The Morgan fingerprint density at radius 3 is 2.56 bits per heavy atom. The summed E-state index contributed by atoms with van der Waals surface area (Å²) in [6.07, 6.45) is 7.88. The van der Waals surface area contributed by atoms with Gasteiger partial charge in [0.1, 0.15) is 6.33 Å². The largest absolute Gasteiger partial charge is 0.261 e. The first kappa shape index (κ1) is 12.6. The van der Waals surface area contributed by atoms with E-state index in [2.05, 4.69) is 40.7 Å². The molecule has 2 rings (SSSR count). The van der Waals surface area contributed by atoms with Gasteiger partial charge in [0.2, 0.25) is 0 Å². The minimum atomic E-state index is 0.324. The summed E-state index contributed by atoms with van der Waals surface area (Å²) < 4.78 is 0. The Labute approximate surface area is 108 Å². The second-order valence-corrected chi connectivity index (χ2v) is 4.83. The van der Waals surface area contributed by atoms with E-state index in [-0.39, 0.29) is 0 Å². The van der Waals surface area contributed by atoms with E-state index in [1.807, 2.05) is 18.5 Å². The third-order valence-corrected chi connectivity index (χ3v) is 2.92. The van der Waals surface area contributed by atoms with E-state index >= 15 is 0 Å². The van der Waals surface area contributed by atoms with Crippen LogP contribution in [-0.4, -0.2) is 19.9 Å². The van der Waals surface area contributed by atoms with E-state index in [1.165, 1.54) is 0 Å². The van der Waals surface area contributed by atoms with Crippen LogP contribution in [0.4, 0.5) is 0 Å². The molecule has 0 aliphatic heterocycles. The molecule has 0 aromatic carbocycles. The van der Waals surface area contributed by atoms with Gasteiger partial charge in [-0.3, -0.25) is 9.97 Å². The van der Waals surface area contributed by atoms with Gasteiger partial charge in [0, 0.05) is 30.2 Å². The molecule has 0 fully saturated rings. The Morgan fingerprint density at radius 2 is 1.89 bits per heavy atom. The Bertz CT molecular complexity index is 496. The number of hydrogen-bond acceptors (Lipinski definition) is 4. The number of rotatable bonds is 4. The van der Waals surface area contributed by atoms with Crippen LogP contribution in [0.2, 0.25) is 0 Å². The van der Waals surface area contributed by atoms with Crippen molar-refractivity contribution >= 4 is 0 Å². The number of aromatic nitrogens is 4. The highest BCUT2D eigenvalue weighted by molar-refractivity contribution is 5.12. The average molecular weight is 242 g/mol. The SMILES string of the molecule is CC(C)c1cncc(CC(C)c2ccncn2)n1. The lowest BCUT2D eigenvalue weighted by molar-refractivity contribution is 0.695. The highest BCUT2D eigenvalue weighted by Crippen LogP contribution is 2.17. The predicted octanol–water partition coefficient (Wildman–Crippen LogP) is 2.74. The maximum absolute atomic E-state index is 4.63. The van der Waals surface area contributed by atoms with Gasteiger partial charge in [-0.2, -0.15) is 0 Å². The maximum atomic E-state index is 4.63. The van der Waals surface area contributed by atoms with Crippen LogP contribution in [0.1, 0.15) is 49.7 Å². The first-order chi connectivity index (χ1) is 8.66. The summed E-state index contributed by atoms with van der Waals surface area (Å²) in [6.45, 7) is 6.40. The van der Waals surface area contributed by atoms with Crippen LogP contribution in [0.3, 0.4) is 0 Å². The van der Waals surface area contributed by atoms with Crippen LogP contribution in [-0.2, 0) is 6.42 Å². The van der Waals surface area contributed by atoms with Gasteiger partial charge in [-0.25, -0.2) is 9.97 Å². The van der Waals surface area contributed by atoms with Crippen molar-refractivity contribution in [2.24, 2.45) is 0 Å². The molecular weight excluding hydrogens is 224 g/mol.